The molecule has 1 aliphatic carbocycles. The molecule has 0 bridgehead atoms. The van der Waals surface area contributed by atoms with Crippen molar-refractivity contribution in [2.45, 2.75) is 45.1 Å². The third-order valence-electron chi connectivity index (χ3n) is 3.93. The molecule has 0 aliphatic heterocycles. The van der Waals surface area contributed by atoms with Gasteiger partial charge in [-0.3, -0.25) is 0 Å². The van der Waals surface area contributed by atoms with Gasteiger partial charge in [-0.2, -0.15) is 0 Å². The molecule has 0 atom stereocenters. The van der Waals surface area contributed by atoms with E-state index in [9.17, 15) is 9.18 Å². The van der Waals surface area contributed by atoms with Crippen molar-refractivity contribution < 1.29 is 9.18 Å². The fourth-order valence-electron chi connectivity index (χ4n) is 2.71. The number of hydrogen-bond acceptors (Lipinski definition) is 1. The van der Waals surface area contributed by atoms with Crippen molar-refractivity contribution in [1.82, 2.24) is 10.6 Å². The summed E-state index contributed by atoms with van der Waals surface area (Å²) in [5, 5.41) is 5.67. The van der Waals surface area contributed by atoms with Crippen LogP contribution in [0.4, 0.5) is 9.18 Å². The number of carbonyl (C=O) groups excluding carboxylic acids is 1. The first-order valence-corrected chi connectivity index (χ1v) is 7.50. The number of hydrogen-bond donors (Lipinski definition) is 2. The molecule has 0 radical (unpaired) electrons. The van der Waals surface area contributed by atoms with Crippen LogP contribution in [0.15, 0.2) is 24.3 Å². The first-order chi connectivity index (χ1) is 9.74. The van der Waals surface area contributed by atoms with Gasteiger partial charge in [-0.05, 0) is 30.0 Å². The summed E-state index contributed by atoms with van der Waals surface area (Å²) in [6, 6.07) is 6.01. The molecule has 1 fully saturated rings. The zero-order chi connectivity index (χ0) is 14.2. The Morgan fingerprint density at radius 2 is 1.80 bits per heavy atom. The predicted octanol–water partition coefficient (Wildman–Crippen LogP) is 3.60. The molecule has 20 heavy (non-hydrogen) atoms. The molecular weight excluding hydrogens is 255 g/mol. The lowest BCUT2D eigenvalue weighted by atomic mass is 9.87. The average molecular weight is 278 g/mol. The fraction of sp³-hybridized carbons (Fsp3) is 0.562. The smallest absolute Gasteiger partial charge is 0.315 e. The van der Waals surface area contributed by atoms with Crippen LogP contribution in [0, 0.1) is 11.7 Å². The molecule has 1 saturated carbocycles. The normalized spacial score (nSPS) is 15.8. The van der Waals surface area contributed by atoms with Gasteiger partial charge in [0.05, 0.1) is 0 Å². The maximum atomic E-state index is 12.7. The van der Waals surface area contributed by atoms with E-state index in [1.54, 1.807) is 12.1 Å². The minimum absolute atomic E-state index is 0.148. The van der Waals surface area contributed by atoms with Gasteiger partial charge in [-0.25, -0.2) is 9.18 Å². The molecule has 1 aromatic rings. The second kappa shape index (κ2) is 7.88. The zero-order valence-corrected chi connectivity index (χ0v) is 11.8. The lowest BCUT2D eigenvalue weighted by Crippen LogP contribution is -2.36. The molecule has 0 aromatic heterocycles. The standard InChI is InChI=1S/C16H23FN2O/c17-15-8-6-14(7-9-15)12-19-16(20)18-11-10-13-4-2-1-3-5-13/h6-9,13H,1-5,10-12H2,(H2,18,19,20). The number of benzene rings is 1. The summed E-state index contributed by atoms with van der Waals surface area (Å²) in [6.07, 6.45) is 7.71. The minimum atomic E-state index is -0.259. The summed E-state index contributed by atoms with van der Waals surface area (Å²) in [5.74, 6) is 0.520. The predicted molar refractivity (Wildman–Crippen MR) is 77.8 cm³/mol. The number of rotatable bonds is 5. The van der Waals surface area contributed by atoms with Crippen LogP contribution in [0.2, 0.25) is 0 Å². The van der Waals surface area contributed by atoms with Crippen LogP contribution in [0.1, 0.15) is 44.1 Å². The van der Waals surface area contributed by atoms with Gasteiger partial charge in [0.2, 0.25) is 0 Å². The molecule has 4 heteroatoms. The molecule has 0 saturated heterocycles. The Balaban J connectivity index is 1.59. The summed E-state index contributed by atoms with van der Waals surface area (Å²) >= 11 is 0. The third kappa shape index (κ3) is 5.19. The van der Waals surface area contributed by atoms with Gasteiger partial charge in [-0.1, -0.05) is 44.2 Å². The molecule has 3 nitrogen and oxygen atoms in total. The SMILES string of the molecule is O=C(NCCC1CCCCC1)NCc1ccc(F)cc1. The van der Waals surface area contributed by atoms with Crippen molar-refractivity contribution in [3.63, 3.8) is 0 Å². The molecular formula is C16H23FN2O. The lowest BCUT2D eigenvalue weighted by Gasteiger charge is -2.21. The first-order valence-electron chi connectivity index (χ1n) is 7.50. The van der Waals surface area contributed by atoms with Crippen molar-refractivity contribution in [1.29, 1.82) is 0 Å². The van der Waals surface area contributed by atoms with Gasteiger partial charge in [0.15, 0.2) is 0 Å². The highest BCUT2D eigenvalue weighted by atomic mass is 19.1. The Hall–Kier alpha value is -1.58. The van der Waals surface area contributed by atoms with Crippen LogP contribution in [-0.2, 0) is 6.54 Å². The highest BCUT2D eigenvalue weighted by molar-refractivity contribution is 5.73. The molecule has 2 rings (SSSR count). The van der Waals surface area contributed by atoms with Gasteiger partial charge in [0, 0.05) is 13.1 Å². The van der Waals surface area contributed by atoms with E-state index in [4.69, 9.17) is 0 Å². The second-order valence-corrected chi connectivity index (χ2v) is 5.53. The highest BCUT2D eigenvalue weighted by Gasteiger charge is 2.13. The number of amides is 2. The molecule has 110 valence electrons. The summed E-state index contributed by atoms with van der Waals surface area (Å²) < 4.78 is 12.7. The first kappa shape index (κ1) is 14.8. The van der Waals surface area contributed by atoms with Crippen molar-refractivity contribution in [3.8, 4) is 0 Å². The maximum absolute atomic E-state index is 12.7. The summed E-state index contributed by atoms with van der Waals surface area (Å²) in [6.45, 7) is 1.16. The van der Waals surface area contributed by atoms with Gasteiger partial charge in [-0.15, -0.1) is 0 Å². The van der Waals surface area contributed by atoms with E-state index in [1.165, 1.54) is 44.2 Å². The largest absolute Gasteiger partial charge is 0.338 e. The van der Waals surface area contributed by atoms with Crippen LogP contribution in [0.5, 0.6) is 0 Å². The van der Waals surface area contributed by atoms with Crippen molar-refractivity contribution >= 4 is 6.03 Å². The Morgan fingerprint density at radius 3 is 2.50 bits per heavy atom. The van der Waals surface area contributed by atoms with Crippen molar-refractivity contribution in [3.05, 3.63) is 35.6 Å². The minimum Gasteiger partial charge on any atom is -0.338 e. The van der Waals surface area contributed by atoms with E-state index >= 15 is 0 Å². The van der Waals surface area contributed by atoms with Gasteiger partial charge < -0.3 is 10.6 Å². The molecule has 0 heterocycles. The molecule has 0 unspecified atom stereocenters. The van der Waals surface area contributed by atoms with E-state index < -0.39 is 0 Å². The number of nitrogens with one attached hydrogen (secondary N) is 2. The molecule has 0 spiro atoms. The van der Waals surface area contributed by atoms with E-state index in [-0.39, 0.29) is 11.8 Å². The molecule has 1 aliphatic rings. The quantitative estimate of drug-likeness (QED) is 0.849. The molecule has 1 aromatic carbocycles. The summed E-state index contributed by atoms with van der Waals surface area (Å²) in [7, 11) is 0. The lowest BCUT2D eigenvalue weighted by molar-refractivity contribution is 0.238. The average Bonchev–Trinajstić information content (AvgIpc) is 2.48. The van der Waals surface area contributed by atoms with Gasteiger partial charge in [0.1, 0.15) is 5.82 Å². The van der Waals surface area contributed by atoms with Crippen LogP contribution in [0.25, 0.3) is 0 Å². The Bertz CT molecular complexity index is 413. The van der Waals surface area contributed by atoms with E-state index in [1.807, 2.05) is 0 Å². The number of urea groups is 1. The maximum Gasteiger partial charge on any atom is 0.315 e. The molecule has 2 N–H and O–H groups in total. The van der Waals surface area contributed by atoms with Crippen LogP contribution < -0.4 is 10.6 Å². The molecule has 2 amide bonds. The van der Waals surface area contributed by atoms with Crippen molar-refractivity contribution in [2.24, 2.45) is 5.92 Å². The monoisotopic (exact) mass is 278 g/mol. The summed E-state index contributed by atoms with van der Waals surface area (Å²) in [4.78, 5) is 11.6. The van der Waals surface area contributed by atoms with Crippen LogP contribution >= 0.6 is 0 Å². The Labute approximate surface area is 120 Å². The number of carbonyl (C=O) groups is 1. The number of halogens is 1. The van der Waals surface area contributed by atoms with Crippen LogP contribution in [-0.4, -0.2) is 12.6 Å². The zero-order valence-electron chi connectivity index (χ0n) is 11.8. The van der Waals surface area contributed by atoms with E-state index in [0.29, 0.717) is 6.54 Å². The second-order valence-electron chi connectivity index (χ2n) is 5.53. The Kier molecular flexibility index (Phi) is 5.84. The topological polar surface area (TPSA) is 41.1 Å². The van der Waals surface area contributed by atoms with E-state index in [2.05, 4.69) is 10.6 Å². The van der Waals surface area contributed by atoms with Crippen LogP contribution in [0.3, 0.4) is 0 Å². The van der Waals surface area contributed by atoms with Gasteiger partial charge in [0.25, 0.3) is 0 Å². The highest BCUT2D eigenvalue weighted by Crippen LogP contribution is 2.25. The van der Waals surface area contributed by atoms with Gasteiger partial charge >= 0.3 is 6.03 Å². The van der Waals surface area contributed by atoms with Crippen molar-refractivity contribution in [2.75, 3.05) is 6.54 Å². The van der Waals surface area contributed by atoms with E-state index in [0.717, 1.165) is 24.4 Å². The Morgan fingerprint density at radius 1 is 1.10 bits per heavy atom. The fourth-order valence-corrected chi connectivity index (χ4v) is 2.71. The third-order valence-corrected chi connectivity index (χ3v) is 3.93. The summed E-state index contributed by atoms with van der Waals surface area (Å²) in [5.41, 5.74) is 0.897.